The Hall–Kier alpha value is -2.41. The number of esters is 1. The Bertz CT molecular complexity index is 773. The van der Waals surface area contributed by atoms with Crippen molar-refractivity contribution >= 4 is 23.5 Å². The molecule has 2 fully saturated rings. The average molecular weight is 372 g/mol. The molecule has 1 N–H and O–H groups in total. The zero-order valence-corrected chi connectivity index (χ0v) is 15.4. The number of nitrogens with zero attached hydrogens (tertiary/aromatic N) is 1. The summed E-state index contributed by atoms with van der Waals surface area (Å²) < 4.78 is 10.5. The Kier molecular flexibility index (Phi) is 4.63. The zero-order chi connectivity index (χ0) is 19.0. The lowest BCUT2D eigenvalue weighted by molar-refractivity contribution is -0.153. The Morgan fingerprint density at radius 1 is 1.33 bits per heavy atom. The first-order chi connectivity index (χ1) is 13.0. The molecular weight excluding hydrogens is 348 g/mol. The van der Waals surface area contributed by atoms with E-state index in [9.17, 15) is 14.4 Å². The molecule has 2 unspecified atom stereocenters. The summed E-state index contributed by atoms with van der Waals surface area (Å²) in [6, 6.07) is 7.72. The summed E-state index contributed by atoms with van der Waals surface area (Å²) in [6.45, 7) is 3.11. The molecule has 2 heterocycles. The van der Waals surface area contributed by atoms with Crippen LogP contribution in [0.1, 0.15) is 37.7 Å². The lowest BCUT2D eigenvalue weighted by Crippen LogP contribution is -2.46. The summed E-state index contributed by atoms with van der Waals surface area (Å²) in [5, 5.41) is 2.95. The van der Waals surface area contributed by atoms with Gasteiger partial charge in [-0.1, -0.05) is 18.2 Å². The Balaban J connectivity index is 1.54. The lowest BCUT2D eigenvalue weighted by atomic mass is 9.94. The van der Waals surface area contributed by atoms with Crippen molar-refractivity contribution in [1.29, 1.82) is 0 Å². The molecule has 27 heavy (non-hydrogen) atoms. The number of carbonyl (C=O) groups is 3. The highest BCUT2D eigenvalue weighted by Crippen LogP contribution is 2.51. The summed E-state index contributed by atoms with van der Waals surface area (Å²) in [4.78, 5) is 38.9. The van der Waals surface area contributed by atoms with Crippen LogP contribution in [0.15, 0.2) is 24.3 Å². The van der Waals surface area contributed by atoms with Gasteiger partial charge < -0.3 is 19.7 Å². The summed E-state index contributed by atoms with van der Waals surface area (Å²) in [7, 11) is 0. The topological polar surface area (TPSA) is 84.9 Å². The largest absolute Gasteiger partial charge is 0.465 e. The van der Waals surface area contributed by atoms with Crippen molar-refractivity contribution in [2.75, 3.05) is 31.3 Å². The first-order valence-corrected chi connectivity index (χ1v) is 9.50. The van der Waals surface area contributed by atoms with Crippen LogP contribution in [0.25, 0.3) is 0 Å². The normalized spacial score (nSPS) is 25.5. The van der Waals surface area contributed by atoms with Crippen LogP contribution in [-0.2, 0) is 23.9 Å². The van der Waals surface area contributed by atoms with Crippen LogP contribution in [0.4, 0.5) is 5.69 Å². The number of morpholine rings is 1. The molecule has 144 valence electrons. The fraction of sp³-hybridized carbons (Fsp3) is 0.550. The van der Waals surface area contributed by atoms with Gasteiger partial charge in [0, 0.05) is 18.2 Å². The minimum Gasteiger partial charge on any atom is -0.465 e. The van der Waals surface area contributed by atoms with Crippen LogP contribution in [0.5, 0.6) is 0 Å². The Morgan fingerprint density at radius 3 is 2.81 bits per heavy atom. The number of fused-ring (bicyclic) bond motifs is 1. The first-order valence-electron chi connectivity index (χ1n) is 9.50. The van der Waals surface area contributed by atoms with E-state index in [0.29, 0.717) is 32.4 Å². The Morgan fingerprint density at radius 2 is 2.11 bits per heavy atom. The monoisotopic (exact) mass is 372 g/mol. The van der Waals surface area contributed by atoms with E-state index in [4.69, 9.17) is 9.47 Å². The molecule has 4 rings (SSSR count). The maximum Gasteiger partial charge on any atom is 0.321 e. The molecule has 0 bridgehead atoms. The van der Waals surface area contributed by atoms with Gasteiger partial charge in [0.15, 0.2) is 0 Å². The SMILES string of the molecule is CCOC(=O)C1(C(=O)N2CC(CC3COCC(=O)N3)c3ccccc32)CC1. The molecule has 1 aromatic rings. The standard InChI is InChI=1S/C20H24N2O5/c1-2-27-19(25)20(7-8-20)18(24)22-10-13(15-5-3-4-6-16(15)22)9-14-11-26-12-17(23)21-14/h3-6,13-14H,2,7-12H2,1H3,(H,21,23). The molecule has 0 aromatic heterocycles. The average Bonchev–Trinajstić information content (AvgIpc) is 3.40. The van der Waals surface area contributed by atoms with E-state index < -0.39 is 11.4 Å². The van der Waals surface area contributed by atoms with Crippen molar-refractivity contribution in [3.8, 4) is 0 Å². The minimum absolute atomic E-state index is 0.0701. The number of para-hydroxylation sites is 1. The summed E-state index contributed by atoms with van der Waals surface area (Å²) in [5.41, 5.74) is 0.914. The van der Waals surface area contributed by atoms with Crippen LogP contribution in [-0.4, -0.2) is 50.2 Å². The summed E-state index contributed by atoms with van der Waals surface area (Å²) >= 11 is 0. The van der Waals surface area contributed by atoms with E-state index >= 15 is 0 Å². The number of ether oxygens (including phenoxy) is 2. The second-order valence-corrected chi connectivity index (χ2v) is 7.49. The molecular formula is C20H24N2O5. The van der Waals surface area contributed by atoms with E-state index in [1.807, 2.05) is 24.3 Å². The highest BCUT2D eigenvalue weighted by molar-refractivity contribution is 6.13. The summed E-state index contributed by atoms with van der Waals surface area (Å²) in [6.07, 6.45) is 1.78. The maximum atomic E-state index is 13.2. The van der Waals surface area contributed by atoms with Gasteiger partial charge in [0.05, 0.1) is 19.3 Å². The van der Waals surface area contributed by atoms with Crippen molar-refractivity contribution < 1.29 is 23.9 Å². The van der Waals surface area contributed by atoms with Crippen LogP contribution >= 0.6 is 0 Å². The second-order valence-electron chi connectivity index (χ2n) is 7.49. The van der Waals surface area contributed by atoms with Crippen LogP contribution < -0.4 is 10.2 Å². The molecule has 1 aromatic carbocycles. The highest BCUT2D eigenvalue weighted by Gasteiger charge is 2.60. The van der Waals surface area contributed by atoms with Gasteiger partial charge in [0.1, 0.15) is 12.0 Å². The van der Waals surface area contributed by atoms with Crippen molar-refractivity contribution in [2.45, 2.75) is 38.1 Å². The molecule has 2 atom stereocenters. The third-order valence-electron chi connectivity index (χ3n) is 5.63. The van der Waals surface area contributed by atoms with Gasteiger partial charge >= 0.3 is 5.97 Å². The van der Waals surface area contributed by atoms with Gasteiger partial charge in [0.2, 0.25) is 11.8 Å². The highest BCUT2D eigenvalue weighted by atomic mass is 16.5. The fourth-order valence-corrected chi connectivity index (χ4v) is 4.12. The quantitative estimate of drug-likeness (QED) is 0.623. The van der Waals surface area contributed by atoms with E-state index in [-0.39, 0.29) is 37.0 Å². The number of nitrogens with one attached hydrogen (secondary N) is 1. The van der Waals surface area contributed by atoms with Crippen molar-refractivity contribution in [3.05, 3.63) is 29.8 Å². The molecule has 7 nitrogen and oxygen atoms in total. The number of amides is 2. The molecule has 3 aliphatic rings. The van der Waals surface area contributed by atoms with Gasteiger partial charge in [-0.3, -0.25) is 14.4 Å². The molecule has 0 spiro atoms. The number of hydrogen-bond acceptors (Lipinski definition) is 5. The van der Waals surface area contributed by atoms with Gasteiger partial charge in [-0.15, -0.1) is 0 Å². The number of carbonyl (C=O) groups excluding carboxylic acids is 3. The molecule has 2 amide bonds. The van der Waals surface area contributed by atoms with Crippen LogP contribution in [0.2, 0.25) is 0 Å². The van der Waals surface area contributed by atoms with Gasteiger partial charge in [-0.2, -0.15) is 0 Å². The molecule has 7 heteroatoms. The van der Waals surface area contributed by atoms with Gasteiger partial charge in [-0.25, -0.2) is 0 Å². The predicted octanol–water partition coefficient (Wildman–Crippen LogP) is 1.37. The zero-order valence-electron chi connectivity index (χ0n) is 15.4. The Labute approximate surface area is 158 Å². The molecule has 1 aliphatic carbocycles. The van der Waals surface area contributed by atoms with E-state index in [1.165, 1.54) is 0 Å². The van der Waals surface area contributed by atoms with Crippen molar-refractivity contribution in [3.63, 3.8) is 0 Å². The lowest BCUT2D eigenvalue weighted by Gasteiger charge is -2.26. The molecule has 2 aliphatic heterocycles. The number of rotatable bonds is 5. The van der Waals surface area contributed by atoms with E-state index in [0.717, 1.165) is 11.3 Å². The third kappa shape index (κ3) is 3.20. The van der Waals surface area contributed by atoms with Crippen molar-refractivity contribution in [1.82, 2.24) is 5.32 Å². The number of hydrogen-bond donors (Lipinski definition) is 1. The van der Waals surface area contributed by atoms with Gasteiger partial charge in [-0.05, 0) is 37.8 Å². The predicted molar refractivity (Wildman–Crippen MR) is 97.2 cm³/mol. The van der Waals surface area contributed by atoms with E-state index in [2.05, 4.69) is 5.32 Å². The summed E-state index contributed by atoms with van der Waals surface area (Å²) in [5.74, 6) is -0.594. The number of anilines is 1. The van der Waals surface area contributed by atoms with Crippen LogP contribution in [0, 0.1) is 5.41 Å². The van der Waals surface area contributed by atoms with Crippen LogP contribution in [0.3, 0.4) is 0 Å². The first kappa shape index (κ1) is 18.0. The second kappa shape index (κ2) is 6.96. The fourth-order valence-electron chi connectivity index (χ4n) is 4.12. The minimum atomic E-state index is -1.01. The molecule has 1 saturated carbocycles. The third-order valence-corrected chi connectivity index (χ3v) is 5.63. The maximum absolute atomic E-state index is 13.2. The smallest absolute Gasteiger partial charge is 0.321 e. The van der Waals surface area contributed by atoms with Gasteiger partial charge in [0.25, 0.3) is 0 Å². The molecule has 0 radical (unpaired) electrons. The van der Waals surface area contributed by atoms with E-state index in [1.54, 1.807) is 11.8 Å². The molecule has 1 saturated heterocycles. The number of benzene rings is 1. The van der Waals surface area contributed by atoms with Crippen molar-refractivity contribution in [2.24, 2.45) is 5.41 Å².